The van der Waals surface area contributed by atoms with E-state index in [1.54, 1.807) is 47.6 Å². The molecule has 0 spiro atoms. The van der Waals surface area contributed by atoms with Gasteiger partial charge in [0.05, 0.1) is 13.2 Å². The van der Waals surface area contributed by atoms with Gasteiger partial charge in [-0.2, -0.15) is 0 Å². The Morgan fingerprint density at radius 3 is 2.39 bits per heavy atom. The highest BCUT2D eigenvalue weighted by Gasteiger charge is 2.33. The van der Waals surface area contributed by atoms with Crippen LogP contribution in [0.2, 0.25) is 0 Å². The van der Waals surface area contributed by atoms with E-state index >= 15 is 0 Å². The van der Waals surface area contributed by atoms with Crippen LogP contribution in [0.1, 0.15) is 59.1 Å². The number of benzene rings is 2. The molecule has 190 valence electrons. The minimum atomic E-state index is -0.188. The Balaban J connectivity index is 1.47. The monoisotopic (exact) mass is 506 g/mol. The number of ether oxygens (including phenoxy) is 2. The quantitative estimate of drug-likeness (QED) is 0.382. The Labute approximate surface area is 217 Å². The lowest BCUT2D eigenvalue weighted by Crippen LogP contribution is -2.47. The van der Waals surface area contributed by atoms with Gasteiger partial charge in [-0.1, -0.05) is 26.0 Å². The number of likely N-dealkylation sites (N-methyl/N-ethyl adjacent to an activating group) is 1. The van der Waals surface area contributed by atoms with Crippen molar-refractivity contribution in [3.8, 4) is 11.5 Å². The van der Waals surface area contributed by atoms with Crippen LogP contribution in [0.15, 0.2) is 60.0 Å². The zero-order valence-corrected chi connectivity index (χ0v) is 22.2. The Hall–Kier alpha value is -3.32. The second-order valence-corrected chi connectivity index (χ2v) is 10.2. The summed E-state index contributed by atoms with van der Waals surface area (Å²) < 4.78 is 11.4. The number of hydrogen-bond acceptors (Lipinski definition) is 5. The summed E-state index contributed by atoms with van der Waals surface area (Å²) in [5.41, 5.74) is 2.94. The van der Waals surface area contributed by atoms with E-state index in [1.807, 2.05) is 24.0 Å². The molecule has 0 saturated heterocycles. The van der Waals surface area contributed by atoms with Crippen molar-refractivity contribution in [2.24, 2.45) is 0 Å². The maximum absolute atomic E-state index is 13.5. The zero-order chi connectivity index (χ0) is 25.7. The third-order valence-electron chi connectivity index (χ3n) is 6.70. The van der Waals surface area contributed by atoms with Crippen molar-refractivity contribution in [2.75, 3.05) is 33.4 Å². The van der Waals surface area contributed by atoms with Gasteiger partial charge in [0, 0.05) is 23.5 Å². The van der Waals surface area contributed by atoms with Gasteiger partial charge in [0.2, 0.25) is 5.91 Å². The fourth-order valence-electron chi connectivity index (χ4n) is 4.50. The zero-order valence-electron chi connectivity index (χ0n) is 21.4. The molecule has 1 aliphatic heterocycles. The number of amides is 2. The van der Waals surface area contributed by atoms with E-state index in [9.17, 15) is 9.59 Å². The van der Waals surface area contributed by atoms with E-state index < -0.39 is 0 Å². The molecule has 7 heteroatoms. The molecule has 2 amide bonds. The van der Waals surface area contributed by atoms with Gasteiger partial charge in [0.15, 0.2) is 0 Å². The lowest BCUT2D eigenvalue weighted by Gasteiger charge is -2.37. The first-order valence-electron chi connectivity index (χ1n) is 12.4. The highest BCUT2D eigenvalue weighted by molar-refractivity contribution is 7.10. The molecule has 0 aliphatic carbocycles. The van der Waals surface area contributed by atoms with Crippen molar-refractivity contribution < 1.29 is 19.1 Å². The predicted octanol–water partition coefficient (Wildman–Crippen LogP) is 5.55. The Morgan fingerprint density at radius 2 is 1.75 bits per heavy atom. The van der Waals surface area contributed by atoms with Crippen molar-refractivity contribution in [1.29, 1.82) is 0 Å². The molecule has 2 aromatic carbocycles. The summed E-state index contributed by atoms with van der Waals surface area (Å²) in [4.78, 5) is 31.4. The van der Waals surface area contributed by atoms with Crippen LogP contribution in [0.4, 0.5) is 0 Å². The molecule has 6 nitrogen and oxygen atoms in total. The van der Waals surface area contributed by atoms with Crippen LogP contribution in [0.5, 0.6) is 11.5 Å². The van der Waals surface area contributed by atoms with E-state index in [0.29, 0.717) is 36.9 Å². The van der Waals surface area contributed by atoms with Gasteiger partial charge in [0.25, 0.3) is 5.91 Å². The van der Waals surface area contributed by atoms with Crippen molar-refractivity contribution in [3.63, 3.8) is 0 Å². The molecule has 0 N–H and O–H groups in total. The van der Waals surface area contributed by atoms with Crippen LogP contribution in [0, 0.1) is 0 Å². The minimum Gasteiger partial charge on any atom is -0.497 e. The molecule has 0 unspecified atom stereocenters. The number of thiophene rings is 1. The van der Waals surface area contributed by atoms with Crippen LogP contribution in [-0.2, 0) is 11.2 Å². The molecule has 4 rings (SSSR count). The maximum atomic E-state index is 13.5. The number of nitrogens with zero attached hydrogens (tertiary/aromatic N) is 2. The van der Waals surface area contributed by atoms with E-state index in [0.717, 1.165) is 17.7 Å². The predicted molar refractivity (Wildman–Crippen MR) is 143 cm³/mol. The second kappa shape index (κ2) is 11.6. The molecule has 1 aliphatic rings. The fraction of sp³-hybridized carbons (Fsp3) is 0.379. The molecule has 0 saturated carbocycles. The summed E-state index contributed by atoms with van der Waals surface area (Å²) in [7, 11) is 1.59. The van der Waals surface area contributed by atoms with Gasteiger partial charge in [-0.25, -0.2) is 0 Å². The van der Waals surface area contributed by atoms with Crippen LogP contribution in [-0.4, -0.2) is 55.0 Å². The van der Waals surface area contributed by atoms with Crippen LogP contribution in [0.3, 0.4) is 0 Å². The second-order valence-electron chi connectivity index (χ2n) is 9.23. The van der Waals surface area contributed by atoms with Gasteiger partial charge in [0.1, 0.15) is 24.7 Å². The summed E-state index contributed by atoms with van der Waals surface area (Å²) in [6.07, 6.45) is 0.816. The normalized spacial score (nSPS) is 14.9. The number of carbonyl (C=O) groups is 2. The third-order valence-corrected chi connectivity index (χ3v) is 7.70. The summed E-state index contributed by atoms with van der Waals surface area (Å²) in [5, 5.41) is 2.08. The van der Waals surface area contributed by atoms with E-state index in [1.165, 1.54) is 10.4 Å². The molecule has 1 aromatic heterocycles. The van der Waals surface area contributed by atoms with Gasteiger partial charge in [-0.15, -0.1) is 11.3 Å². The standard InChI is InChI=1S/C29H34N2O4S/c1-5-30(29(33)22-8-10-23(34-4)11-9-22)18-28(32)31-16-14-27-25(15-17-36-27)26(31)19-35-24-12-6-21(7-13-24)20(2)3/h6-13,15,17,20,26H,5,14,16,18-19H2,1-4H3/t26-/m1/s1. The van der Waals surface area contributed by atoms with Crippen molar-refractivity contribution in [1.82, 2.24) is 9.80 Å². The molecular formula is C29H34N2O4S. The first-order chi connectivity index (χ1) is 17.4. The molecule has 36 heavy (non-hydrogen) atoms. The summed E-state index contributed by atoms with van der Waals surface area (Å²) >= 11 is 1.72. The number of fused-ring (bicyclic) bond motifs is 1. The highest BCUT2D eigenvalue weighted by Crippen LogP contribution is 2.34. The molecule has 0 radical (unpaired) electrons. The van der Waals surface area contributed by atoms with Crippen molar-refractivity contribution >= 4 is 23.2 Å². The molecule has 0 fully saturated rings. The number of carbonyl (C=O) groups excluding carboxylic acids is 2. The number of methoxy groups -OCH3 is 1. The largest absolute Gasteiger partial charge is 0.497 e. The SMILES string of the molecule is CCN(CC(=O)N1CCc2sccc2[C@H]1COc1ccc(C(C)C)cc1)C(=O)c1ccc(OC)cc1. The Morgan fingerprint density at radius 1 is 1.06 bits per heavy atom. The van der Waals surface area contributed by atoms with Crippen LogP contribution >= 0.6 is 11.3 Å². The average molecular weight is 507 g/mol. The Kier molecular flexibility index (Phi) is 8.31. The van der Waals surface area contributed by atoms with E-state index in [-0.39, 0.29) is 24.4 Å². The van der Waals surface area contributed by atoms with Gasteiger partial charge < -0.3 is 19.3 Å². The molecule has 3 aromatic rings. The minimum absolute atomic E-state index is 0.0282. The highest BCUT2D eigenvalue weighted by atomic mass is 32.1. The lowest BCUT2D eigenvalue weighted by atomic mass is 10.00. The van der Waals surface area contributed by atoms with Crippen LogP contribution in [0.25, 0.3) is 0 Å². The van der Waals surface area contributed by atoms with Gasteiger partial charge in [-0.05, 0) is 78.2 Å². The first-order valence-corrected chi connectivity index (χ1v) is 13.3. The van der Waals surface area contributed by atoms with E-state index in [2.05, 4.69) is 37.4 Å². The lowest BCUT2D eigenvalue weighted by molar-refractivity contribution is -0.135. The first kappa shape index (κ1) is 25.8. The molecule has 0 bridgehead atoms. The number of hydrogen-bond donors (Lipinski definition) is 0. The van der Waals surface area contributed by atoms with Crippen LogP contribution < -0.4 is 9.47 Å². The van der Waals surface area contributed by atoms with Gasteiger partial charge >= 0.3 is 0 Å². The molecule has 1 atom stereocenters. The summed E-state index contributed by atoms with van der Waals surface area (Å²) in [6, 6.07) is 17.0. The van der Waals surface area contributed by atoms with E-state index in [4.69, 9.17) is 9.47 Å². The molecular weight excluding hydrogens is 472 g/mol. The fourth-order valence-corrected chi connectivity index (χ4v) is 5.42. The molecule has 2 heterocycles. The average Bonchev–Trinajstić information content (AvgIpc) is 3.39. The smallest absolute Gasteiger partial charge is 0.254 e. The van der Waals surface area contributed by atoms with Gasteiger partial charge in [-0.3, -0.25) is 9.59 Å². The number of rotatable bonds is 9. The topological polar surface area (TPSA) is 59.1 Å². The van der Waals surface area contributed by atoms with Crippen molar-refractivity contribution in [3.05, 3.63) is 81.5 Å². The third kappa shape index (κ3) is 5.73. The maximum Gasteiger partial charge on any atom is 0.254 e. The van der Waals surface area contributed by atoms with Crippen molar-refractivity contribution in [2.45, 2.75) is 39.2 Å². The summed E-state index contributed by atoms with van der Waals surface area (Å²) in [5.74, 6) is 1.70. The Bertz CT molecular complexity index is 1170. The summed E-state index contributed by atoms with van der Waals surface area (Å²) in [6.45, 7) is 7.67.